The second-order valence-electron chi connectivity index (χ2n) is 3.57. The lowest BCUT2D eigenvalue weighted by Gasteiger charge is -2.08. The third kappa shape index (κ3) is 2.02. The van der Waals surface area contributed by atoms with Crippen molar-refractivity contribution in [2.75, 3.05) is 0 Å². The summed E-state index contributed by atoms with van der Waals surface area (Å²) in [4.78, 5) is 0. The molecule has 0 bridgehead atoms. The molecule has 0 saturated heterocycles. The van der Waals surface area contributed by atoms with Gasteiger partial charge in [-0.05, 0) is 36.6 Å². The molecule has 0 radical (unpaired) electrons. The van der Waals surface area contributed by atoms with E-state index in [4.69, 9.17) is 0 Å². The van der Waals surface area contributed by atoms with E-state index in [1.54, 1.807) is 0 Å². The topological polar surface area (TPSA) is 0 Å². The molecule has 1 rings (SSSR count). The number of allylic oxidation sites excluding steroid dienone is 2. The fourth-order valence-electron chi connectivity index (χ4n) is 1.39. The Balaban J connectivity index is 3.32. The third-order valence-electron chi connectivity index (χ3n) is 2.22. The molecule has 0 atom stereocenters. The average molecular weight is 184 g/mol. The van der Waals surface area contributed by atoms with Crippen molar-refractivity contribution < 1.29 is 0 Å². The summed E-state index contributed by atoms with van der Waals surface area (Å²) in [5.74, 6) is 0. The number of benzene rings is 1. The summed E-state index contributed by atoms with van der Waals surface area (Å²) >= 11 is 0. The molecule has 0 N–H and O–H groups in total. The van der Waals surface area contributed by atoms with Crippen molar-refractivity contribution >= 4 is 17.2 Å². The molecule has 72 valence electrons. The number of hydrogen-bond acceptors (Lipinski definition) is 0. The summed E-state index contributed by atoms with van der Waals surface area (Å²) in [6.07, 6.45) is 1.86. The van der Waals surface area contributed by atoms with Crippen LogP contribution in [0.25, 0.3) is 17.2 Å². The van der Waals surface area contributed by atoms with Gasteiger partial charge in [-0.3, -0.25) is 0 Å². The maximum absolute atomic E-state index is 3.94. The van der Waals surface area contributed by atoms with Crippen LogP contribution >= 0.6 is 0 Å². The van der Waals surface area contributed by atoms with Crippen molar-refractivity contribution in [2.24, 2.45) is 0 Å². The Morgan fingerprint density at radius 2 is 1.79 bits per heavy atom. The summed E-state index contributed by atoms with van der Waals surface area (Å²) in [5.41, 5.74) is 5.57. The van der Waals surface area contributed by atoms with Crippen LogP contribution in [0.5, 0.6) is 0 Å². The predicted molar refractivity (Wildman–Crippen MR) is 65.9 cm³/mol. The van der Waals surface area contributed by atoms with E-state index in [2.05, 4.69) is 37.9 Å². The molecule has 0 aliphatic heterocycles. The smallest absolute Gasteiger partial charge is 0.0160 e. The molecule has 1 aromatic carbocycles. The highest BCUT2D eigenvalue weighted by Gasteiger charge is 2.01. The summed E-state index contributed by atoms with van der Waals surface area (Å²) < 4.78 is 0. The van der Waals surface area contributed by atoms with Crippen molar-refractivity contribution in [1.29, 1.82) is 0 Å². The van der Waals surface area contributed by atoms with Crippen LogP contribution in [0.15, 0.2) is 37.9 Å². The van der Waals surface area contributed by atoms with Crippen LogP contribution in [-0.2, 0) is 0 Å². The van der Waals surface area contributed by atoms with Gasteiger partial charge in [-0.2, -0.15) is 0 Å². The molecule has 0 aromatic heterocycles. The lowest BCUT2D eigenvalue weighted by atomic mass is 9.97. The molecule has 0 unspecified atom stereocenters. The van der Waals surface area contributed by atoms with Gasteiger partial charge in [-0.1, -0.05) is 49.1 Å². The van der Waals surface area contributed by atoms with Gasteiger partial charge in [0.05, 0.1) is 0 Å². The molecular formula is C14H16. The molecule has 14 heavy (non-hydrogen) atoms. The summed E-state index contributed by atoms with van der Waals surface area (Å²) in [6, 6.07) is 6.24. The normalized spacial score (nSPS) is 9.57. The lowest BCUT2D eigenvalue weighted by molar-refractivity contribution is 1.50. The van der Waals surface area contributed by atoms with E-state index in [0.717, 1.165) is 27.8 Å². The van der Waals surface area contributed by atoms with Gasteiger partial charge in [0.2, 0.25) is 0 Å². The minimum Gasteiger partial charge on any atom is -0.0984 e. The zero-order valence-corrected chi connectivity index (χ0v) is 8.93. The molecule has 0 amide bonds. The Labute approximate surface area is 86.3 Å². The Morgan fingerprint density at radius 1 is 1.14 bits per heavy atom. The third-order valence-corrected chi connectivity index (χ3v) is 2.22. The Bertz CT molecular complexity index is 394. The van der Waals surface area contributed by atoms with Gasteiger partial charge in [0.1, 0.15) is 0 Å². The molecular weight excluding hydrogens is 168 g/mol. The molecule has 0 fully saturated rings. The second-order valence-corrected chi connectivity index (χ2v) is 3.57. The largest absolute Gasteiger partial charge is 0.0984 e. The first-order valence-electron chi connectivity index (χ1n) is 4.64. The van der Waals surface area contributed by atoms with E-state index >= 15 is 0 Å². The van der Waals surface area contributed by atoms with Crippen molar-refractivity contribution in [3.8, 4) is 0 Å². The van der Waals surface area contributed by atoms with E-state index in [1.807, 2.05) is 19.9 Å². The van der Waals surface area contributed by atoms with Crippen LogP contribution in [0.4, 0.5) is 0 Å². The zero-order valence-electron chi connectivity index (χ0n) is 8.93. The Morgan fingerprint density at radius 3 is 2.21 bits per heavy atom. The standard InChI is InChI=1S/C14H16/c1-6-12-9-13(10(2)3)7-8-14(12)11(4)5/h6-9H,1-2,4H2,3,5H3. The summed E-state index contributed by atoms with van der Waals surface area (Å²) in [6.45, 7) is 15.7. The molecule has 0 heteroatoms. The highest BCUT2D eigenvalue weighted by molar-refractivity contribution is 5.75. The van der Waals surface area contributed by atoms with E-state index < -0.39 is 0 Å². The minimum absolute atomic E-state index is 1.06. The van der Waals surface area contributed by atoms with Gasteiger partial charge in [-0.25, -0.2) is 0 Å². The van der Waals surface area contributed by atoms with E-state index in [0.29, 0.717) is 0 Å². The SMILES string of the molecule is C=Cc1cc(C(=C)C)ccc1C(=C)C. The van der Waals surface area contributed by atoms with Crippen LogP contribution < -0.4 is 0 Å². The van der Waals surface area contributed by atoms with Crippen molar-refractivity contribution in [1.82, 2.24) is 0 Å². The van der Waals surface area contributed by atoms with Crippen LogP contribution in [0.2, 0.25) is 0 Å². The monoisotopic (exact) mass is 184 g/mol. The van der Waals surface area contributed by atoms with Crippen LogP contribution in [0.3, 0.4) is 0 Å². The van der Waals surface area contributed by atoms with E-state index in [1.165, 1.54) is 0 Å². The van der Waals surface area contributed by atoms with Gasteiger partial charge >= 0.3 is 0 Å². The maximum Gasteiger partial charge on any atom is -0.0160 e. The Hall–Kier alpha value is -1.56. The van der Waals surface area contributed by atoms with Crippen molar-refractivity contribution in [3.05, 3.63) is 54.6 Å². The van der Waals surface area contributed by atoms with Gasteiger partial charge in [0.25, 0.3) is 0 Å². The van der Waals surface area contributed by atoms with Gasteiger partial charge < -0.3 is 0 Å². The quantitative estimate of drug-likeness (QED) is 0.653. The maximum atomic E-state index is 3.94. The molecule has 0 heterocycles. The molecule has 0 saturated carbocycles. The van der Waals surface area contributed by atoms with Crippen LogP contribution in [0, 0.1) is 0 Å². The molecule has 0 spiro atoms. The van der Waals surface area contributed by atoms with E-state index in [9.17, 15) is 0 Å². The molecule has 0 nitrogen and oxygen atoms in total. The fourth-order valence-corrected chi connectivity index (χ4v) is 1.39. The van der Waals surface area contributed by atoms with Crippen LogP contribution in [-0.4, -0.2) is 0 Å². The number of hydrogen-bond donors (Lipinski definition) is 0. The number of rotatable bonds is 3. The van der Waals surface area contributed by atoms with E-state index in [-0.39, 0.29) is 0 Å². The molecule has 0 aliphatic carbocycles. The Kier molecular flexibility index (Phi) is 3.08. The second kappa shape index (κ2) is 4.10. The van der Waals surface area contributed by atoms with Crippen LogP contribution in [0.1, 0.15) is 30.5 Å². The van der Waals surface area contributed by atoms with Gasteiger partial charge in [-0.15, -0.1) is 0 Å². The minimum atomic E-state index is 1.06. The lowest BCUT2D eigenvalue weighted by Crippen LogP contribution is -1.87. The first-order chi connectivity index (χ1) is 6.56. The summed E-state index contributed by atoms with van der Waals surface area (Å²) in [7, 11) is 0. The highest BCUT2D eigenvalue weighted by atomic mass is 14.1. The molecule has 1 aromatic rings. The fraction of sp³-hybridized carbons (Fsp3) is 0.143. The first kappa shape index (κ1) is 10.5. The molecule has 0 aliphatic rings. The van der Waals surface area contributed by atoms with Gasteiger partial charge in [0.15, 0.2) is 0 Å². The predicted octanol–water partition coefficient (Wildman–Crippen LogP) is 4.40. The van der Waals surface area contributed by atoms with Crippen molar-refractivity contribution in [2.45, 2.75) is 13.8 Å². The van der Waals surface area contributed by atoms with Crippen molar-refractivity contribution in [3.63, 3.8) is 0 Å². The summed E-state index contributed by atoms with van der Waals surface area (Å²) in [5, 5.41) is 0. The van der Waals surface area contributed by atoms with Gasteiger partial charge in [0, 0.05) is 0 Å². The zero-order chi connectivity index (χ0) is 10.7. The first-order valence-corrected chi connectivity index (χ1v) is 4.64. The highest BCUT2D eigenvalue weighted by Crippen LogP contribution is 2.22. The average Bonchev–Trinajstić information content (AvgIpc) is 2.16.